The molecule has 0 saturated heterocycles. The van der Waals surface area contributed by atoms with Gasteiger partial charge in [0, 0.05) is 11.3 Å². The van der Waals surface area contributed by atoms with Crippen LogP contribution in [0.2, 0.25) is 5.02 Å². The fourth-order valence-corrected chi connectivity index (χ4v) is 3.59. The van der Waals surface area contributed by atoms with Gasteiger partial charge in [-0.15, -0.1) is 0 Å². The summed E-state index contributed by atoms with van der Waals surface area (Å²) < 4.78 is 27.3. The number of ether oxygens (including phenoxy) is 1. The number of halogens is 1. The minimum atomic E-state index is -4.54. The van der Waals surface area contributed by atoms with Crippen LogP contribution in [-0.4, -0.2) is 67.1 Å². The average Bonchev–Trinajstić information content (AvgIpc) is 2.62. The highest BCUT2D eigenvalue weighted by atomic mass is 35.5. The van der Waals surface area contributed by atoms with Gasteiger partial charge in [0.2, 0.25) is 0 Å². The molecule has 3 atom stereocenters. The number of likely N-dealkylation sites (N-methyl/N-ethyl adjacent to an activating group) is 1. The first-order valence-electron chi connectivity index (χ1n) is 9.63. The van der Waals surface area contributed by atoms with Crippen LogP contribution in [0.15, 0.2) is 24.3 Å². The molecular formula is C19H31ClNO8P. The zero-order chi connectivity index (χ0) is 22.8. The maximum absolute atomic E-state index is 12.3. The van der Waals surface area contributed by atoms with E-state index < -0.39 is 32.5 Å². The van der Waals surface area contributed by atoms with Gasteiger partial charge in [-0.1, -0.05) is 18.0 Å². The molecule has 0 saturated carbocycles. The molecule has 2 unspecified atom stereocenters. The molecule has 1 rings (SSSR count). The van der Waals surface area contributed by atoms with E-state index in [9.17, 15) is 19.4 Å². The highest BCUT2D eigenvalue weighted by molar-refractivity contribution is 7.47. The zero-order valence-electron chi connectivity index (χ0n) is 17.5. The van der Waals surface area contributed by atoms with Crippen molar-refractivity contribution in [3.63, 3.8) is 0 Å². The molecule has 0 spiro atoms. The van der Waals surface area contributed by atoms with E-state index >= 15 is 0 Å². The lowest BCUT2D eigenvalue weighted by Crippen LogP contribution is -2.60. The van der Waals surface area contributed by atoms with E-state index in [0.29, 0.717) is 18.1 Å². The number of carboxylic acids is 1. The van der Waals surface area contributed by atoms with Gasteiger partial charge in [-0.25, -0.2) is 4.57 Å². The van der Waals surface area contributed by atoms with Crippen molar-refractivity contribution < 1.29 is 42.7 Å². The number of phosphoric ester groups is 1. The van der Waals surface area contributed by atoms with Gasteiger partial charge < -0.3 is 24.3 Å². The van der Waals surface area contributed by atoms with Crippen molar-refractivity contribution in [1.82, 2.24) is 0 Å². The van der Waals surface area contributed by atoms with Crippen LogP contribution in [0.5, 0.6) is 5.75 Å². The maximum atomic E-state index is 12.3. The largest absolute Gasteiger partial charge is 0.804 e. The van der Waals surface area contributed by atoms with Crippen LogP contribution in [0.1, 0.15) is 32.1 Å². The highest BCUT2D eigenvalue weighted by Crippen LogP contribution is 2.45. The van der Waals surface area contributed by atoms with Gasteiger partial charge in [0.25, 0.3) is 0 Å². The van der Waals surface area contributed by atoms with Crippen molar-refractivity contribution in [3.05, 3.63) is 29.3 Å². The number of benzene rings is 1. The Balaban J connectivity index is 2.28. The van der Waals surface area contributed by atoms with Crippen LogP contribution < -0.4 is 9.84 Å². The minimum absolute atomic E-state index is 0.0422. The van der Waals surface area contributed by atoms with E-state index in [4.69, 9.17) is 30.5 Å². The number of phosphoric acid groups is 1. The average molecular weight is 468 g/mol. The standard InChI is InChI=1S/C19H31ClNO8P/c1-21(2,3)19(24)17(14-18(22)23)29-30(25,26)28-13-7-5-4-6-12-27-16-10-8-15(20)9-11-16/h8-11,17,19H,4-7,12-14H2,1-3H3,(H,22,23)(H,25,26)/t17-,19?/m1/s1. The molecule has 0 aromatic heterocycles. The number of unbranched alkanes of at least 4 members (excludes halogenated alkanes) is 3. The third kappa shape index (κ3) is 11.3. The van der Waals surface area contributed by atoms with Gasteiger partial charge in [-0.2, -0.15) is 0 Å². The first-order chi connectivity index (χ1) is 13.9. The van der Waals surface area contributed by atoms with Gasteiger partial charge in [0.1, 0.15) is 11.9 Å². The van der Waals surface area contributed by atoms with Crippen LogP contribution in [0, 0.1) is 0 Å². The molecule has 1 aromatic carbocycles. The zero-order valence-corrected chi connectivity index (χ0v) is 19.2. The first kappa shape index (κ1) is 26.8. The number of quaternary nitrogens is 1. The van der Waals surface area contributed by atoms with Gasteiger partial charge in [0.15, 0.2) is 0 Å². The number of nitrogens with zero attached hydrogens (tertiary/aromatic N) is 1. The molecule has 0 fully saturated rings. The summed E-state index contributed by atoms with van der Waals surface area (Å²) >= 11 is 5.80. The van der Waals surface area contributed by atoms with E-state index in [1.54, 1.807) is 45.4 Å². The molecule has 0 radical (unpaired) electrons. The quantitative estimate of drug-likeness (QED) is 0.174. The molecule has 172 valence electrons. The lowest BCUT2D eigenvalue weighted by molar-refractivity contribution is -0.973. The minimum Gasteiger partial charge on any atom is -0.804 e. The van der Waals surface area contributed by atoms with Crippen molar-refractivity contribution in [2.75, 3.05) is 34.4 Å². The second kappa shape index (κ2) is 12.6. The summed E-state index contributed by atoms with van der Waals surface area (Å²) in [7, 11) is 0.111. The Labute approximate surface area is 182 Å². The number of carbonyl (C=O) groups is 1. The van der Waals surface area contributed by atoms with E-state index in [1.807, 2.05) is 0 Å². The van der Waals surface area contributed by atoms with Crippen LogP contribution in [0.3, 0.4) is 0 Å². The molecule has 9 nitrogen and oxygen atoms in total. The fraction of sp³-hybridized carbons (Fsp3) is 0.632. The maximum Gasteiger partial charge on any atom is 0.472 e. The normalized spacial score (nSPS) is 15.9. The van der Waals surface area contributed by atoms with E-state index in [1.165, 1.54) is 0 Å². The lowest BCUT2D eigenvalue weighted by atomic mass is 10.2. The molecule has 0 bridgehead atoms. The Morgan fingerprint density at radius 1 is 1.13 bits per heavy atom. The molecule has 0 amide bonds. The van der Waals surface area contributed by atoms with Crippen molar-refractivity contribution in [1.29, 1.82) is 0 Å². The molecule has 30 heavy (non-hydrogen) atoms. The smallest absolute Gasteiger partial charge is 0.472 e. The van der Waals surface area contributed by atoms with Crippen LogP contribution in [0.4, 0.5) is 0 Å². The summed E-state index contributed by atoms with van der Waals surface area (Å²) in [6.45, 7) is 0.496. The second-order valence-corrected chi connectivity index (χ2v) is 9.61. The monoisotopic (exact) mass is 467 g/mol. The molecule has 1 aromatic rings. The fourth-order valence-electron chi connectivity index (χ4n) is 2.52. The van der Waals surface area contributed by atoms with Crippen LogP contribution in [0.25, 0.3) is 0 Å². The molecular weight excluding hydrogens is 437 g/mol. The second-order valence-electron chi connectivity index (χ2n) is 7.77. The number of aliphatic carboxylic acids is 1. The van der Waals surface area contributed by atoms with E-state index in [-0.39, 0.29) is 11.1 Å². The summed E-state index contributed by atoms with van der Waals surface area (Å²) in [5.74, 6) is -0.558. The Bertz CT molecular complexity index is 695. The van der Waals surface area contributed by atoms with Gasteiger partial charge >= 0.3 is 13.8 Å². The third-order valence-electron chi connectivity index (χ3n) is 4.10. The molecule has 0 aliphatic carbocycles. The van der Waals surface area contributed by atoms with E-state index in [2.05, 4.69) is 0 Å². The third-order valence-corrected chi connectivity index (χ3v) is 5.40. The predicted molar refractivity (Wildman–Crippen MR) is 110 cm³/mol. The highest BCUT2D eigenvalue weighted by Gasteiger charge is 2.34. The van der Waals surface area contributed by atoms with Crippen molar-refractivity contribution in [3.8, 4) is 5.75 Å². The van der Waals surface area contributed by atoms with E-state index in [0.717, 1.165) is 25.0 Å². The van der Waals surface area contributed by atoms with Gasteiger partial charge in [0.05, 0.1) is 40.8 Å². The summed E-state index contributed by atoms with van der Waals surface area (Å²) in [5.41, 5.74) is 0. The Hall–Kier alpha value is -1.19. The number of carboxylic acid groups (broad SMARTS) is 1. The Morgan fingerprint density at radius 3 is 2.23 bits per heavy atom. The van der Waals surface area contributed by atoms with Crippen molar-refractivity contribution in [2.45, 2.75) is 44.4 Å². The first-order valence-corrected chi connectivity index (χ1v) is 11.5. The summed E-state index contributed by atoms with van der Waals surface area (Å²) in [6.07, 6.45) is -0.864. The lowest BCUT2D eigenvalue weighted by Gasteiger charge is -2.42. The SMILES string of the molecule is C[N+](C)(C)C([O-])[C@@H](CC(=O)O)OP(=O)(O)OCCCCCCOc1ccc(Cl)cc1. The topological polar surface area (TPSA) is 125 Å². The number of hydrogen-bond acceptors (Lipinski definition) is 6. The Kier molecular flexibility index (Phi) is 11.3. The van der Waals surface area contributed by atoms with Gasteiger partial charge in [-0.05, 0) is 43.5 Å². The Morgan fingerprint density at radius 2 is 1.70 bits per heavy atom. The summed E-state index contributed by atoms with van der Waals surface area (Å²) in [4.78, 5) is 20.8. The molecule has 0 heterocycles. The van der Waals surface area contributed by atoms with Crippen LogP contribution in [-0.2, 0) is 18.4 Å². The summed E-state index contributed by atoms with van der Waals surface area (Å²) in [6, 6.07) is 7.08. The number of hydrogen-bond donors (Lipinski definition) is 2. The molecule has 0 aliphatic rings. The molecule has 2 N–H and O–H groups in total. The van der Waals surface area contributed by atoms with Gasteiger partial charge in [-0.3, -0.25) is 13.8 Å². The molecule has 11 heteroatoms. The van der Waals surface area contributed by atoms with Crippen molar-refractivity contribution in [2.24, 2.45) is 0 Å². The summed E-state index contributed by atoms with van der Waals surface area (Å²) in [5, 5.41) is 21.9. The van der Waals surface area contributed by atoms with Crippen LogP contribution >= 0.6 is 19.4 Å². The molecule has 0 aliphatic heterocycles. The number of rotatable bonds is 15. The predicted octanol–water partition coefficient (Wildman–Crippen LogP) is 2.65. The van der Waals surface area contributed by atoms with Crippen molar-refractivity contribution >= 4 is 25.4 Å².